The van der Waals surface area contributed by atoms with Crippen LogP contribution in [0.15, 0.2) is 53.5 Å². The van der Waals surface area contributed by atoms with Gasteiger partial charge in [-0.25, -0.2) is 13.8 Å². The number of anilines is 1. The summed E-state index contributed by atoms with van der Waals surface area (Å²) in [4.78, 5) is 18.1. The zero-order valence-corrected chi connectivity index (χ0v) is 14.8. The van der Waals surface area contributed by atoms with Crippen LogP contribution in [0.1, 0.15) is 12.5 Å². The summed E-state index contributed by atoms with van der Waals surface area (Å²) in [6.07, 6.45) is 0. The largest absolute Gasteiger partial charge is 0.357 e. The van der Waals surface area contributed by atoms with E-state index in [-0.39, 0.29) is 24.1 Å². The van der Waals surface area contributed by atoms with Crippen molar-refractivity contribution < 1.29 is 13.6 Å². The van der Waals surface area contributed by atoms with Gasteiger partial charge in [-0.1, -0.05) is 12.1 Å². The molecule has 7 heteroatoms. The second-order valence-electron chi connectivity index (χ2n) is 5.71. The highest BCUT2D eigenvalue weighted by Gasteiger charge is 2.09. The molecule has 0 atom stereocenters. The zero-order chi connectivity index (χ0) is 18.9. The van der Waals surface area contributed by atoms with Gasteiger partial charge in [0.1, 0.15) is 18.2 Å². The van der Waals surface area contributed by atoms with Crippen LogP contribution in [-0.2, 0) is 11.3 Å². The monoisotopic (exact) mass is 360 g/mol. The molecule has 1 amide bonds. The van der Waals surface area contributed by atoms with Gasteiger partial charge in [0.2, 0.25) is 5.91 Å². The lowest BCUT2D eigenvalue weighted by Crippen LogP contribution is -2.39. The molecule has 2 rings (SSSR count). The molecule has 26 heavy (non-hydrogen) atoms. The molecule has 0 saturated carbocycles. The lowest BCUT2D eigenvalue weighted by Gasteiger charge is -2.22. The molecule has 2 aromatic rings. The fraction of sp³-hybridized carbons (Fsp3) is 0.263. The predicted molar refractivity (Wildman–Crippen MR) is 98.9 cm³/mol. The molecule has 2 aromatic carbocycles. The Morgan fingerprint density at radius 2 is 1.85 bits per heavy atom. The number of aliphatic imine (C=N–C) groups is 1. The summed E-state index contributed by atoms with van der Waals surface area (Å²) in [6.45, 7) is 2.91. The fourth-order valence-electron chi connectivity index (χ4n) is 2.33. The maximum atomic E-state index is 13.3. The van der Waals surface area contributed by atoms with Gasteiger partial charge in [-0.2, -0.15) is 0 Å². The Balaban J connectivity index is 1.98. The van der Waals surface area contributed by atoms with Gasteiger partial charge >= 0.3 is 0 Å². The minimum Gasteiger partial charge on any atom is -0.357 e. The highest BCUT2D eigenvalue weighted by Crippen LogP contribution is 2.08. The topological polar surface area (TPSA) is 56.7 Å². The number of nitrogens with zero attached hydrogens (tertiary/aromatic N) is 2. The second kappa shape index (κ2) is 9.50. The molecule has 0 aliphatic heterocycles. The van der Waals surface area contributed by atoms with Crippen molar-refractivity contribution >= 4 is 17.6 Å². The number of amides is 1. The van der Waals surface area contributed by atoms with Gasteiger partial charge in [0, 0.05) is 25.8 Å². The van der Waals surface area contributed by atoms with Crippen LogP contribution in [0, 0.1) is 11.6 Å². The van der Waals surface area contributed by atoms with Crippen LogP contribution in [0.25, 0.3) is 0 Å². The van der Waals surface area contributed by atoms with Crippen molar-refractivity contribution in [2.45, 2.75) is 13.5 Å². The Morgan fingerprint density at radius 3 is 2.50 bits per heavy atom. The average Bonchev–Trinajstić information content (AvgIpc) is 2.60. The van der Waals surface area contributed by atoms with Gasteiger partial charge in [-0.15, -0.1) is 0 Å². The zero-order valence-electron chi connectivity index (χ0n) is 14.8. The predicted octanol–water partition coefficient (Wildman–Crippen LogP) is 3.00. The molecule has 138 valence electrons. The van der Waals surface area contributed by atoms with E-state index in [0.29, 0.717) is 24.7 Å². The number of carbonyl (C=O) groups is 1. The van der Waals surface area contributed by atoms with E-state index in [1.807, 2.05) is 24.9 Å². The first-order chi connectivity index (χ1) is 12.5. The highest BCUT2D eigenvalue weighted by molar-refractivity contribution is 5.94. The van der Waals surface area contributed by atoms with Crippen LogP contribution >= 0.6 is 0 Å². The fourth-order valence-corrected chi connectivity index (χ4v) is 2.33. The summed E-state index contributed by atoms with van der Waals surface area (Å²) in [5, 5.41) is 5.75. The average molecular weight is 360 g/mol. The molecule has 0 spiro atoms. The van der Waals surface area contributed by atoms with Gasteiger partial charge in [0.05, 0.1) is 0 Å². The first kappa shape index (κ1) is 19.4. The van der Waals surface area contributed by atoms with Crippen LogP contribution in [0.4, 0.5) is 14.5 Å². The van der Waals surface area contributed by atoms with E-state index in [2.05, 4.69) is 15.6 Å². The number of guanidine groups is 1. The first-order valence-electron chi connectivity index (χ1n) is 8.27. The van der Waals surface area contributed by atoms with Crippen molar-refractivity contribution in [2.75, 3.05) is 25.5 Å². The Hall–Kier alpha value is -2.96. The molecule has 0 aliphatic rings. The van der Waals surface area contributed by atoms with Crippen LogP contribution in [0.5, 0.6) is 0 Å². The third-order valence-electron chi connectivity index (χ3n) is 3.51. The van der Waals surface area contributed by atoms with Crippen molar-refractivity contribution in [1.29, 1.82) is 0 Å². The number of benzene rings is 2. The summed E-state index contributed by atoms with van der Waals surface area (Å²) >= 11 is 0. The van der Waals surface area contributed by atoms with E-state index in [4.69, 9.17) is 0 Å². The number of hydrogen-bond donors (Lipinski definition) is 2. The summed E-state index contributed by atoms with van der Waals surface area (Å²) in [5.41, 5.74) is 1.30. The molecule has 2 N–H and O–H groups in total. The molecule has 0 aliphatic carbocycles. The molecular formula is C19H22F2N4O. The van der Waals surface area contributed by atoms with Crippen molar-refractivity contribution in [1.82, 2.24) is 10.2 Å². The molecule has 0 fully saturated rings. The normalized spacial score (nSPS) is 11.2. The Labute approximate surface area is 151 Å². The number of rotatable bonds is 6. The van der Waals surface area contributed by atoms with Crippen LogP contribution in [0.2, 0.25) is 0 Å². The van der Waals surface area contributed by atoms with Crippen molar-refractivity contribution in [2.24, 2.45) is 4.99 Å². The third-order valence-corrected chi connectivity index (χ3v) is 3.51. The van der Waals surface area contributed by atoms with Crippen molar-refractivity contribution in [3.63, 3.8) is 0 Å². The number of hydrogen-bond acceptors (Lipinski definition) is 2. The maximum absolute atomic E-state index is 13.3. The summed E-state index contributed by atoms with van der Waals surface area (Å²) in [6, 6.07) is 11.8. The molecule has 0 saturated heterocycles. The molecule has 0 aromatic heterocycles. The van der Waals surface area contributed by atoms with E-state index >= 15 is 0 Å². The van der Waals surface area contributed by atoms with Gasteiger partial charge in [0.25, 0.3) is 0 Å². The Morgan fingerprint density at radius 1 is 1.12 bits per heavy atom. The summed E-state index contributed by atoms with van der Waals surface area (Å²) in [7, 11) is 1.81. The van der Waals surface area contributed by atoms with E-state index in [1.54, 1.807) is 6.07 Å². The van der Waals surface area contributed by atoms with E-state index in [0.717, 1.165) is 5.56 Å². The molecule has 5 nitrogen and oxygen atoms in total. The minimum absolute atomic E-state index is 0.0901. The van der Waals surface area contributed by atoms with Crippen molar-refractivity contribution in [3.8, 4) is 0 Å². The van der Waals surface area contributed by atoms with Gasteiger partial charge in [-0.3, -0.25) is 4.79 Å². The van der Waals surface area contributed by atoms with E-state index in [9.17, 15) is 13.6 Å². The minimum atomic E-state index is -0.366. The lowest BCUT2D eigenvalue weighted by molar-refractivity contribution is -0.114. The number of carbonyl (C=O) groups excluding carboxylic acids is 1. The molecule has 0 unspecified atom stereocenters. The second-order valence-corrected chi connectivity index (χ2v) is 5.71. The highest BCUT2D eigenvalue weighted by atomic mass is 19.1. The smallest absolute Gasteiger partial charge is 0.246 e. The third kappa shape index (κ3) is 6.16. The van der Waals surface area contributed by atoms with Gasteiger partial charge < -0.3 is 15.5 Å². The Kier molecular flexibility index (Phi) is 7.08. The number of halogens is 2. The molecule has 0 heterocycles. The van der Waals surface area contributed by atoms with E-state index < -0.39 is 0 Å². The summed E-state index contributed by atoms with van der Waals surface area (Å²) in [5.74, 6) is -0.442. The quantitative estimate of drug-likeness (QED) is 0.615. The summed E-state index contributed by atoms with van der Waals surface area (Å²) < 4.78 is 26.2. The van der Waals surface area contributed by atoms with Gasteiger partial charge in [-0.05, 0) is 48.9 Å². The van der Waals surface area contributed by atoms with Crippen LogP contribution in [0.3, 0.4) is 0 Å². The lowest BCUT2D eigenvalue weighted by atomic mass is 10.2. The maximum Gasteiger partial charge on any atom is 0.246 e. The Bertz CT molecular complexity index is 762. The standard InChI is InChI=1S/C19H22F2N4O/c1-3-22-19(25(2)13-14-5-4-6-16(21)11-14)23-12-18(26)24-17-9-7-15(20)8-10-17/h4-11H,3,12-13H2,1-2H3,(H,22,23)(H,24,26). The molecular weight excluding hydrogens is 338 g/mol. The van der Waals surface area contributed by atoms with Crippen LogP contribution in [-0.4, -0.2) is 36.9 Å². The van der Waals surface area contributed by atoms with Crippen molar-refractivity contribution in [3.05, 3.63) is 65.7 Å². The van der Waals surface area contributed by atoms with Gasteiger partial charge in [0.15, 0.2) is 5.96 Å². The first-order valence-corrected chi connectivity index (χ1v) is 8.27. The number of nitrogens with one attached hydrogen (secondary N) is 2. The molecule has 0 radical (unpaired) electrons. The SMILES string of the molecule is CCNC(=NCC(=O)Nc1ccc(F)cc1)N(C)Cc1cccc(F)c1. The molecule has 0 bridgehead atoms. The van der Waals surface area contributed by atoms with Crippen LogP contribution < -0.4 is 10.6 Å². The van der Waals surface area contributed by atoms with E-state index in [1.165, 1.54) is 36.4 Å².